The number of carbonyl (C=O) groups is 1. The van der Waals surface area contributed by atoms with Crippen LogP contribution in [0.2, 0.25) is 0 Å². The summed E-state index contributed by atoms with van der Waals surface area (Å²) in [5.74, 6) is -1.39. The van der Waals surface area contributed by atoms with Crippen molar-refractivity contribution < 1.29 is 13.6 Å². The fourth-order valence-electron chi connectivity index (χ4n) is 6.84. The summed E-state index contributed by atoms with van der Waals surface area (Å²) in [6, 6.07) is 11.1. The van der Waals surface area contributed by atoms with Gasteiger partial charge in [-0.15, -0.1) is 5.10 Å². The van der Waals surface area contributed by atoms with Gasteiger partial charge in [-0.05, 0) is 55.5 Å². The molecule has 5 aromatic rings. The van der Waals surface area contributed by atoms with Gasteiger partial charge in [0.1, 0.15) is 23.0 Å². The zero-order valence-electron chi connectivity index (χ0n) is 26.6. The van der Waals surface area contributed by atoms with Crippen molar-refractivity contribution in [3.8, 4) is 28.2 Å². The van der Waals surface area contributed by atoms with E-state index in [4.69, 9.17) is 4.98 Å². The summed E-state index contributed by atoms with van der Waals surface area (Å²) in [6.45, 7) is 12.6. The van der Waals surface area contributed by atoms with Crippen LogP contribution in [0.5, 0.6) is 0 Å². The molecule has 1 fully saturated rings. The quantitative estimate of drug-likeness (QED) is 0.249. The highest BCUT2D eigenvalue weighted by atomic mass is 19.1. The van der Waals surface area contributed by atoms with E-state index in [2.05, 4.69) is 21.9 Å². The monoisotopic (exact) mass is 636 g/mol. The third kappa shape index (κ3) is 4.99. The molecular weight excluding hydrogens is 602 g/mol. The SMILES string of the molecule is C=CC(=O)N1C[C@H](C)N(c2nc(=O)n3c4nc(c(F)cc24)-c2c(F)cccc2-c2cn(nn2)CCc2cccc(C(C)C)c2-3)C[C@H]1C. The van der Waals surface area contributed by atoms with Crippen LogP contribution in [0.1, 0.15) is 44.7 Å². The number of fused-ring (bicyclic) bond motifs is 8. The normalized spacial score (nSPS) is 17.6. The molecule has 12 heteroatoms. The van der Waals surface area contributed by atoms with Gasteiger partial charge in [0.05, 0.1) is 17.3 Å². The average molecular weight is 637 g/mol. The number of aryl methyl sites for hydroxylation is 2. The van der Waals surface area contributed by atoms with Crippen LogP contribution >= 0.6 is 0 Å². The van der Waals surface area contributed by atoms with E-state index in [9.17, 15) is 9.59 Å². The Kier molecular flexibility index (Phi) is 7.45. The summed E-state index contributed by atoms with van der Waals surface area (Å²) in [4.78, 5) is 40.0. The number of para-hydroxylation sites is 1. The van der Waals surface area contributed by atoms with Crippen LogP contribution in [-0.2, 0) is 17.8 Å². The van der Waals surface area contributed by atoms with Crippen LogP contribution in [0.15, 0.2) is 66.1 Å². The van der Waals surface area contributed by atoms with E-state index >= 15 is 8.78 Å². The number of hydrogen-bond donors (Lipinski definition) is 0. The zero-order chi connectivity index (χ0) is 33.1. The molecule has 1 amide bonds. The molecule has 7 rings (SSSR count). The van der Waals surface area contributed by atoms with Crippen molar-refractivity contribution >= 4 is 22.8 Å². The van der Waals surface area contributed by atoms with Crippen molar-refractivity contribution in [2.75, 3.05) is 18.0 Å². The van der Waals surface area contributed by atoms with Gasteiger partial charge in [0, 0.05) is 42.8 Å². The molecule has 3 aromatic heterocycles. The Morgan fingerprint density at radius 1 is 1.04 bits per heavy atom. The van der Waals surface area contributed by atoms with Gasteiger partial charge in [-0.3, -0.25) is 9.48 Å². The summed E-state index contributed by atoms with van der Waals surface area (Å²) in [5.41, 5.74) is 2.27. The molecule has 240 valence electrons. The first-order chi connectivity index (χ1) is 22.6. The Morgan fingerprint density at radius 2 is 1.83 bits per heavy atom. The first-order valence-corrected chi connectivity index (χ1v) is 15.7. The predicted molar refractivity (Wildman–Crippen MR) is 175 cm³/mol. The number of aromatic nitrogens is 6. The highest BCUT2D eigenvalue weighted by Crippen LogP contribution is 2.38. The maximum Gasteiger partial charge on any atom is 0.355 e. The minimum atomic E-state index is -0.780. The molecule has 5 heterocycles. The lowest BCUT2D eigenvalue weighted by atomic mass is 9.96. The number of hydrogen-bond acceptors (Lipinski definition) is 7. The third-order valence-electron chi connectivity index (χ3n) is 9.19. The summed E-state index contributed by atoms with van der Waals surface area (Å²) in [5, 5.41) is 8.86. The number of pyridine rings is 1. The number of amides is 1. The number of carbonyl (C=O) groups excluding carboxylic acids is 1. The molecule has 0 unspecified atom stereocenters. The minimum absolute atomic E-state index is 0.00895. The number of benzene rings is 2. The lowest BCUT2D eigenvalue weighted by Crippen LogP contribution is -2.58. The Morgan fingerprint density at radius 3 is 2.60 bits per heavy atom. The molecule has 0 N–H and O–H groups in total. The summed E-state index contributed by atoms with van der Waals surface area (Å²) < 4.78 is 35.4. The topological polar surface area (TPSA) is 102 Å². The first kappa shape index (κ1) is 30.4. The molecule has 10 nitrogen and oxygen atoms in total. The van der Waals surface area contributed by atoms with Crippen LogP contribution in [0, 0.1) is 11.6 Å². The molecule has 0 aliphatic carbocycles. The maximum atomic E-state index is 16.5. The zero-order valence-corrected chi connectivity index (χ0v) is 26.6. The highest BCUT2D eigenvalue weighted by molar-refractivity contribution is 5.92. The molecule has 0 radical (unpaired) electrons. The number of rotatable bonds is 3. The molecule has 2 aliphatic heterocycles. The Balaban J connectivity index is 1.57. The van der Waals surface area contributed by atoms with E-state index in [-0.39, 0.29) is 46.6 Å². The molecular formula is C35H34F2N8O2. The lowest BCUT2D eigenvalue weighted by molar-refractivity contribution is -0.128. The molecule has 2 aromatic carbocycles. The second-order valence-corrected chi connectivity index (χ2v) is 12.6. The Hall–Kier alpha value is -5.26. The van der Waals surface area contributed by atoms with Crippen molar-refractivity contribution in [2.24, 2.45) is 0 Å². The van der Waals surface area contributed by atoms with Gasteiger partial charge in [0.2, 0.25) is 5.91 Å². The standard InChI is InChI=1S/C35H34F2N8O2/c1-6-29(46)43-16-21(5)44(17-20(43)4)33-25-15-27(37)31-30-24(11-8-12-26(30)36)28-18-42(41-40-28)14-13-22-9-7-10-23(19(2)3)32(22)45(34(25)38-31)35(47)39-33/h6-12,15,18-21H,1,13-14,16-17H2,2-5H3/t20-,21+/m1/s1. The van der Waals surface area contributed by atoms with Crippen LogP contribution in [-0.4, -0.2) is 65.5 Å². The summed E-state index contributed by atoms with van der Waals surface area (Å²) >= 11 is 0. The molecule has 2 aliphatic rings. The van der Waals surface area contributed by atoms with Crippen LogP contribution < -0.4 is 10.6 Å². The number of piperazine rings is 1. The first-order valence-electron chi connectivity index (χ1n) is 15.7. The van der Waals surface area contributed by atoms with Crippen molar-refractivity contribution in [1.29, 1.82) is 0 Å². The van der Waals surface area contributed by atoms with E-state index in [0.717, 1.165) is 11.1 Å². The maximum absolute atomic E-state index is 16.5. The summed E-state index contributed by atoms with van der Waals surface area (Å²) in [7, 11) is 0. The van der Waals surface area contributed by atoms with Gasteiger partial charge in [0.25, 0.3) is 0 Å². The number of halogens is 2. The van der Waals surface area contributed by atoms with Crippen molar-refractivity contribution in [3.63, 3.8) is 0 Å². The van der Waals surface area contributed by atoms with Gasteiger partial charge in [-0.2, -0.15) is 4.98 Å². The van der Waals surface area contributed by atoms with E-state index in [1.807, 2.05) is 50.8 Å². The smallest absolute Gasteiger partial charge is 0.349 e. The van der Waals surface area contributed by atoms with Gasteiger partial charge in [0.15, 0.2) is 11.5 Å². The number of nitrogens with zero attached hydrogens (tertiary/aromatic N) is 8. The molecule has 0 saturated carbocycles. The van der Waals surface area contributed by atoms with Gasteiger partial charge in [-0.25, -0.2) is 23.1 Å². The van der Waals surface area contributed by atoms with E-state index in [1.165, 1.54) is 28.8 Å². The van der Waals surface area contributed by atoms with Gasteiger partial charge >= 0.3 is 5.69 Å². The fourth-order valence-corrected chi connectivity index (χ4v) is 6.84. The predicted octanol–water partition coefficient (Wildman–Crippen LogP) is 5.28. The molecule has 0 spiro atoms. The summed E-state index contributed by atoms with van der Waals surface area (Å²) in [6.07, 6.45) is 3.48. The lowest BCUT2D eigenvalue weighted by Gasteiger charge is -2.44. The van der Waals surface area contributed by atoms with E-state index in [1.54, 1.807) is 21.8 Å². The Bertz CT molecular complexity index is 2140. The molecule has 1 saturated heterocycles. The third-order valence-corrected chi connectivity index (χ3v) is 9.19. The molecule has 47 heavy (non-hydrogen) atoms. The van der Waals surface area contributed by atoms with Gasteiger partial charge < -0.3 is 9.80 Å². The minimum Gasteiger partial charge on any atom is -0.349 e. The molecule has 4 bridgehead atoms. The van der Waals surface area contributed by atoms with E-state index in [0.29, 0.717) is 48.4 Å². The van der Waals surface area contributed by atoms with Crippen molar-refractivity contribution in [2.45, 2.75) is 58.7 Å². The van der Waals surface area contributed by atoms with E-state index < -0.39 is 17.3 Å². The largest absolute Gasteiger partial charge is 0.355 e. The molecule has 2 atom stereocenters. The van der Waals surface area contributed by atoms with Crippen molar-refractivity contribution in [1.82, 2.24) is 34.4 Å². The van der Waals surface area contributed by atoms with Gasteiger partial charge in [-0.1, -0.05) is 56.0 Å². The second kappa shape index (κ2) is 11.5. The van der Waals surface area contributed by atoms with Crippen LogP contribution in [0.25, 0.3) is 39.2 Å². The fraction of sp³-hybridized carbons (Fsp3) is 0.314. The van der Waals surface area contributed by atoms with Crippen molar-refractivity contribution in [3.05, 3.63) is 94.6 Å². The Labute approximate surface area is 270 Å². The number of anilines is 1. The van der Waals surface area contributed by atoms with Crippen LogP contribution in [0.4, 0.5) is 14.6 Å². The van der Waals surface area contributed by atoms with Crippen LogP contribution in [0.3, 0.4) is 0 Å². The average Bonchev–Trinajstić information content (AvgIpc) is 3.53. The highest BCUT2D eigenvalue weighted by Gasteiger charge is 2.34. The second-order valence-electron chi connectivity index (χ2n) is 12.6.